The fourth-order valence-electron chi connectivity index (χ4n) is 3.12. The standard InChI is InChI=1S/C24H22ClN5/c1-16-7-6-10-22(27-16)26-15-21-17(2)28-23(18-8-4-3-5-9-18)30-24(21)29-20-13-11-19(25)12-14-20/h3-14H,15H2,1-2H3,(H,26,27)(H,28,29,30). The Bertz CT molecular complexity index is 1140. The van der Waals surface area contributed by atoms with E-state index in [1.165, 1.54) is 0 Å². The van der Waals surface area contributed by atoms with Crippen molar-refractivity contribution in [2.75, 3.05) is 10.6 Å². The SMILES string of the molecule is Cc1cccc(NCc2c(C)nc(-c3ccccc3)nc2Nc2ccc(Cl)cc2)n1. The average molecular weight is 416 g/mol. The quantitative estimate of drug-likeness (QED) is 0.394. The highest BCUT2D eigenvalue weighted by atomic mass is 35.5. The Morgan fingerprint density at radius 1 is 0.800 bits per heavy atom. The van der Waals surface area contributed by atoms with Crippen molar-refractivity contribution >= 4 is 28.9 Å². The number of hydrogen-bond donors (Lipinski definition) is 2. The molecule has 6 heteroatoms. The topological polar surface area (TPSA) is 62.7 Å². The Morgan fingerprint density at radius 2 is 1.57 bits per heavy atom. The van der Waals surface area contributed by atoms with Gasteiger partial charge in [0, 0.05) is 39.8 Å². The van der Waals surface area contributed by atoms with Gasteiger partial charge in [0.05, 0.1) is 0 Å². The molecular formula is C24H22ClN5. The van der Waals surface area contributed by atoms with Crippen LogP contribution in [0, 0.1) is 13.8 Å². The van der Waals surface area contributed by atoms with Crippen molar-refractivity contribution in [3.8, 4) is 11.4 Å². The van der Waals surface area contributed by atoms with E-state index in [0.29, 0.717) is 17.4 Å². The summed E-state index contributed by atoms with van der Waals surface area (Å²) in [5.41, 5.74) is 4.73. The van der Waals surface area contributed by atoms with Crippen LogP contribution in [-0.2, 0) is 6.54 Å². The number of aryl methyl sites for hydroxylation is 2. The number of aromatic nitrogens is 3. The van der Waals surface area contributed by atoms with Gasteiger partial charge in [0.1, 0.15) is 11.6 Å². The molecule has 150 valence electrons. The molecule has 2 N–H and O–H groups in total. The maximum atomic E-state index is 6.04. The van der Waals surface area contributed by atoms with Crippen LogP contribution in [0.5, 0.6) is 0 Å². The highest BCUT2D eigenvalue weighted by Crippen LogP contribution is 2.26. The Balaban J connectivity index is 1.70. The van der Waals surface area contributed by atoms with E-state index in [2.05, 4.69) is 15.6 Å². The molecule has 5 nitrogen and oxygen atoms in total. The summed E-state index contributed by atoms with van der Waals surface area (Å²) in [6, 6.07) is 23.5. The van der Waals surface area contributed by atoms with Crippen LogP contribution in [0.4, 0.5) is 17.3 Å². The van der Waals surface area contributed by atoms with Crippen molar-refractivity contribution in [2.45, 2.75) is 20.4 Å². The summed E-state index contributed by atoms with van der Waals surface area (Å²) in [6.45, 7) is 4.52. The summed E-state index contributed by atoms with van der Waals surface area (Å²) in [4.78, 5) is 14.1. The Morgan fingerprint density at radius 3 is 2.30 bits per heavy atom. The third kappa shape index (κ3) is 4.75. The number of benzene rings is 2. The van der Waals surface area contributed by atoms with Crippen molar-refractivity contribution in [2.24, 2.45) is 0 Å². The summed E-state index contributed by atoms with van der Waals surface area (Å²) >= 11 is 6.04. The lowest BCUT2D eigenvalue weighted by Gasteiger charge is -2.16. The first kappa shape index (κ1) is 19.9. The zero-order valence-corrected chi connectivity index (χ0v) is 17.6. The largest absolute Gasteiger partial charge is 0.366 e. The van der Waals surface area contributed by atoms with Gasteiger partial charge >= 0.3 is 0 Å². The molecule has 0 saturated carbocycles. The molecule has 0 atom stereocenters. The maximum absolute atomic E-state index is 6.04. The fourth-order valence-corrected chi connectivity index (χ4v) is 3.24. The van der Waals surface area contributed by atoms with Gasteiger partial charge in [-0.2, -0.15) is 0 Å². The van der Waals surface area contributed by atoms with Crippen molar-refractivity contribution in [3.63, 3.8) is 0 Å². The van der Waals surface area contributed by atoms with Crippen molar-refractivity contribution < 1.29 is 0 Å². The molecule has 0 spiro atoms. The second-order valence-electron chi connectivity index (χ2n) is 6.98. The third-order valence-corrected chi connectivity index (χ3v) is 4.94. The molecule has 0 unspecified atom stereocenters. The molecule has 4 aromatic rings. The Kier molecular flexibility index (Phi) is 5.91. The monoisotopic (exact) mass is 415 g/mol. The van der Waals surface area contributed by atoms with Gasteiger partial charge in [-0.15, -0.1) is 0 Å². The molecule has 0 radical (unpaired) electrons. The van der Waals surface area contributed by atoms with Gasteiger partial charge in [-0.3, -0.25) is 0 Å². The molecule has 30 heavy (non-hydrogen) atoms. The summed E-state index contributed by atoms with van der Waals surface area (Å²) in [6.07, 6.45) is 0. The molecule has 0 bridgehead atoms. The zero-order chi connectivity index (χ0) is 20.9. The van der Waals surface area contributed by atoms with E-state index >= 15 is 0 Å². The molecule has 0 aliphatic carbocycles. The number of nitrogens with zero attached hydrogens (tertiary/aromatic N) is 3. The first-order valence-electron chi connectivity index (χ1n) is 9.71. The van der Waals surface area contributed by atoms with Gasteiger partial charge < -0.3 is 10.6 Å². The normalized spacial score (nSPS) is 10.6. The molecular weight excluding hydrogens is 394 g/mol. The highest BCUT2D eigenvalue weighted by molar-refractivity contribution is 6.30. The molecule has 2 aromatic heterocycles. The number of nitrogens with one attached hydrogen (secondary N) is 2. The number of anilines is 3. The van der Waals surface area contributed by atoms with Crippen LogP contribution < -0.4 is 10.6 Å². The minimum absolute atomic E-state index is 0.549. The molecule has 0 fully saturated rings. The van der Waals surface area contributed by atoms with E-state index in [1.54, 1.807) is 0 Å². The zero-order valence-electron chi connectivity index (χ0n) is 16.9. The molecule has 0 saturated heterocycles. The second kappa shape index (κ2) is 8.93. The first-order valence-corrected chi connectivity index (χ1v) is 10.1. The van der Waals surface area contributed by atoms with Gasteiger partial charge in [0.15, 0.2) is 5.82 Å². The van der Waals surface area contributed by atoms with E-state index in [0.717, 1.165) is 39.8 Å². The summed E-state index contributed by atoms with van der Waals surface area (Å²) in [5, 5.41) is 7.50. The van der Waals surface area contributed by atoms with Crippen molar-refractivity contribution in [1.82, 2.24) is 15.0 Å². The van der Waals surface area contributed by atoms with E-state index < -0.39 is 0 Å². The van der Waals surface area contributed by atoms with Gasteiger partial charge in [-0.05, 0) is 50.2 Å². The molecule has 2 heterocycles. The van der Waals surface area contributed by atoms with Crippen LogP contribution in [0.2, 0.25) is 5.02 Å². The summed E-state index contributed by atoms with van der Waals surface area (Å²) in [5.74, 6) is 2.25. The predicted octanol–water partition coefficient (Wildman–Crippen LogP) is 6.16. The molecule has 4 rings (SSSR count). The lowest BCUT2D eigenvalue weighted by molar-refractivity contribution is 1.00. The number of halogens is 1. The number of rotatable bonds is 6. The first-order chi connectivity index (χ1) is 14.6. The third-order valence-electron chi connectivity index (χ3n) is 4.69. The van der Waals surface area contributed by atoms with Crippen molar-refractivity contribution in [1.29, 1.82) is 0 Å². The van der Waals surface area contributed by atoms with Crippen molar-refractivity contribution in [3.05, 3.63) is 94.8 Å². The fraction of sp³-hybridized carbons (Fsp3) is 0.125. The van der Waals surface area contributed by atoms with Crippen LogP contribution in [0.3, 0.4) is 0 Å². The Hall–Kier alpha value is -3.44. The second-order valence-corrected chi connectivity index (χ2v) is 7.41. The van der Waals surface area contributed by atoms with Gasteiger partial charge in [0.2, 0.25) is 0 Å². The molecule has 0 amide bonds. The number of pyridine rings is 1. The minimum Gasteiger partial charge on any atom is -0.366 e. The Labute approximate surface area is 181 Å². The number of hydrogen-bond acceptors (Lipinski definition) is 5. The van der Waals surface area contributed by atoms with Crippen LogP contribution >= 0.6 is 11.6 Å². The van der Waals surface area contributed by atoms with Gasteiger partial charge in [-0.1, -0.05) is 48.0 Å². The summed E-state index contributed by atoms with van der Waals surface area (Å²) < 4.78 is 0. The van der Waals surface area contributed by atoms with E-state index in [9.17, 15) is 0 Å². The van der Waals surface area contributed by atoms with E-state index in [-0.39, 0.29) is 0 Å². The predicted molar refractivity (Wildman–Crippen MR) is 123 cm³/mol. The van der Waals surface area contributed by atoms with E-state index in [1.807, 2.05) is 86.6 Å². The molecule has 0 aliphatic rings. The van der Waals surface area contributed by atoms with Gasteiger partial charge in [0.25, 0.3) is 0 Å². The lowest BCUT2D eigenvalue weighted by atomic mass is 10.1. The maximum Gasteiger partial charge on any atom is 0.161 e. The average Bonchev–Trinajstić information content (AvgIpc) is 2.75. The van der Waals surface area contributed by atoms with Crippen LogP contribution in [0.25, 0.3) is 11.4 Å². The minimum atomic E-state index is 0.549. The lowest BCUT2D eigenvalue weighted by Crippen LogP contribution is -2.10. The van der Waals surface area contributed by atoms with Gasteiger partial charge in [-0.25, -0.2) is 15.0 Å². The van der Waals surface area contributed by atoms with Crippen LogP contribution in [-0.4, -0.2) is 15.0 Å². The molecule has 2 aromatic carbocycles. The summed E-state index contributed by atoms with van der Waals surface area (Å²) in [7, 11) is 0. The smallest absolute Gasteiger partial charge is 0.161 e. The van der Waals surface area contributed by atoms with Crippen LogP contribution in [0.1, 0.15) is 17.0 Å². The highest BCUT2D eigenvalue weighted by Gasteiger charge is 2.14. The molecule has 0 aliphatic heterocycles. The van der Waals surface area contributed by atoms with E-state index in [4.69, 9.17) is 21.6 Å². The van der Waals surface area contributed by atoms with Crippen LogP contribution in [0.15, 0.2) is 72.8 Å².